The summed E-state index contributed by atoms with van der Waals surface area (Å²) in [4.78, 5) is 45.3. The maximum absolute atomic E-state index is 11.4. The second-order valence-corrected chi connectivity index (χ2v) is 4.73. The van der Waals surface area contributed by atoms with Gasteiger partial charge in [0.05, 0.1) is 5.75 Å². The third kappa shape index (κ3) is 5.15. The number of hydrogen-bond acceptors (Lipinski definition) is 7. The van der Waals surface area contributed by atoms with Crippen LogP contribution in [0.25, 0.3) is 0 Å². The summed E-state index contributed by atoms with van der Waals surface area (Å²) in [6.45, 7) is -0.294. The van der Waals surface area contributed by atoms with Crippen molar-refractivity contribution in [2.45, 2.75) is 0 Å². The summed E-state index contributed by atoms with van der Waals surface area (Å²) in [5, 5.41) is 21.5. The van der Waals surface area contributed by atoms with Gasteiger partial charge in [-0.25, -0.2) is 0 Å². The highest BCUT2D eigenvalue weighted by molar-refractivity contribution is 8.14. The van der Waals surface area contributed by atoms with E-state index in [1.165, 1.54) is 0 Å². The molecular formula is C11H12N4O5S. The highest BCUT2D eigenvalue weighted by Crippen LogP contribution is 2.17. The zero-order chi connectivity index (χ0) is 15.8. The number of nitriles is 1. The molecule has 0 atom stereocenters. The Morgan fingerprint density at radius 2 is 2.19 bits per heavy atom. The van der Waals surface area contributed by atoms with Crippen molar-refractivity contribution in [3.8, 4) is 6.07 Å². The van der Waals surface area contributed by atoms with Gasteiger partial charge >= 0.3 is 5.97 Å². The van der Waals surface area contributed by atoms with Gasteiger partial charge in [-0.3, -0.25) is 24.1 Å². The molecule has 0 radical (unpaired) electrons. The Labute approximate surface area is 124 Å². The Morgan fingerprint density at radius 3 is 2.71 bits per heavy atom. The van der Waals surface area contributed by atoms with Crippen molar-refractivity contribution in [3.05, 3.63) is 11.8 Å². The molecule has 1 heterocycles. The predicted octanol–water partition coefficient (Wildman–Crippen LogP) is -1.12. The van der Waals surface area contributed by atoms with Crippen LogP contribution < -0.4 is 10.6 Å². The van der Waals surface area contributed by atoms with Crippen LogP contribution in [0.4, 0.5) is 4.79 Å². The normalized spacial score (nSPS) is 14.8. The van der Waals surface area contributed by atoms with E-state index in [1.54, 1.807) is 6.07 Å². The second-order valence-electron chi connectivity index (χ2n) is 3.80. The molecule has 9 nitrogen and oxygen atoms in total. The van der Waals surface area contributed by atoms with Crippen LogP contribution in [-0.4, -0.2) is 58.4 Å². The highest BCUT2D eigenvalue weighted by Gasteiger charge is 2.28. The molecule has 0 unspecified atom stereocenters. The van der Waals surface area contributed by atoms with Gasteiger partial charge < -0.3 is 15.7 Å². The van der Waals surface area contributed by atoms with Gasteiger partial charge in [0.15, 0.2) is 0 Å². The summed E-state index contributed by atoms with van der Waals surface area (Å²) in [6.07, 6.45) is 1.11. The molecule has 21 heavy (non-hydrogen) atoms. The van der Waals surface area contributed by atoms with E-state index in [-0.39, 0.29) is 35.6 Å². The lowest BCUT2D eigenvalue weighted by atomic mass is 10.3. The minimum Gasteiger partial charge on any atom is -0.480 e. The SMILES string of the molecule is N#C/C(=C/NCCN1C(=O)CSC1=O)C(=O)NCC(=O)O. The maximum atomic E-state index is 11.4. The Kier molecular flexibility index (Phi) is 6.22. The quantitative estimate of drug-likeness (QED) is 0.305. The lowest BCUT2D eigenvalue weighted by molar-refractivity contribution is -0.137. The Bertz CT molecular complexity index is 523. The number of carbonyl (C=O) groups excluding carboxylic acids is 3. The first-order chi connectivity index (χ1) is 9.95. The van der Waals surface area contributed by atoms with Crippen LogP contribution in [0, 0.1) is 11.3 Å². The number of amides is 3. The summed E-state index contributed by atoms with van der Waals surface area (Å²) in [5.41, 5.74) is -0.301. The number of rotatable bonds is 7. The van der Waals surface area contributed by atoms with Gasteiger partial charge in [0, 0.05) is 19.3 Å². The fraction of sp³-hybridized carbons (Fsp3) is 0.364. The van der Waals surface area contributed by atoms with E-state index in [9.17, 15) is 19.2 Å². The summed E-state index contributed by atoms with van der Waals surface area (Å²) < 4.78 is 0. The molecule has 1 fully saturated rings. The predicted molar refractivity (Wildman–Crippen MR) is 71.9 cm³/mol. The van der Waals surface area contributed by atoms with Gasteiger partial charge in [-0.15, -0.1) is 0 Å². The van der Waals surface area contributed by atoms with Crippen LogP contribution in [0.2, 0.25) is 0 Å². The Morgan fingerprint density at radius 1 is 1.48 bits per heavy atom. The number of carboxylic acid groups (broad SMARTS) is 1. The van der Waals surface area contributed by atoms with E-state index in [0.29, 0.717) is 0 Å². The van der Waals surface area contributed by atoms with Crippen molar-refractivity contribution in [3.63, 3.8) is 0 Å². The summed E-state index contributed by atoms with van der Waals surface area (Å²) in [7, 11) is 0. The van der Waals surface area contributed by atoms with Crippen molar-refractivity contribution in [1.82, 2.24) is 15.5 Å². The minimum absolute atomic E-state index is 0.121. The molecule has 0 aromatic rings. The topological polar surface area (TPSA) is 140 Å². The third-order valence-electron chi connectivity index (χ3n) is 2.33. The van der Waals surface area contributed by atoms with Crippen molar-refractivity contribution < 1.29 is 24.3 Å². The highest BCUT2D eigenvalue weighted by atomic mass is 32.2. The van der Waals surface area contributed by atoms with E-state index in [4.69, 9.17) is 10.4 Å². The van der Waals surface area contributed by atoms with Gasteiger partial charge in [0.2, 0.25) is 5.91 Å². The van der Waals surface area contributed by atoms with Crippen LogP contribution >= 0.6 is 11.8 Å². The number of carboxylic acids is 1. The largest absolute Gasteiger partial charge is 0.480 e. The van der Waals surface area contributed by atoms with Gasteiger partial charge in [-0.2, -0.15) is 5.26 Å². The summed E-state index contributed by atoms with van der Waals surface area (Å²) >= 11 is 0.919. The van der Waals surface area contributed by atoms with Gasteiger partial charge in [0.1, 0.15) is 18.2 Å². The summed E-state index contributed by atoms with van der Waals surface area (Å²) in [6, 6.07) is 1.61. The molecule has 0 bridgehead atoms. The van der Waals surface area contributed by atoms with Gasteiger partial charge in [-0.1, -0.05) is 11.8 Å². The molecule has 3 N–H and O–H groups in total. The Hall–Kier alpha value is -2.54. The van der Waals surface area contributed by atoms with Crippen molar-refractivity contribution in [1.29, 1.82) is 5.26 Å². The molecule has 1 saturated heterocycles. The second kappa shape index (κ2) is 7.91. The van der Waals surface area contributed by atoms with Crippen LogP contribution in [0.3, 0.4) is 0 Å². The smallest absolute Gasteiger partial charge is 0.322 e. The molecule has 0 spiro atoms. The molecule has 0 aromatic heterocycles. The van der Waals surface area contributed by atoms with E-state index >= 15 is 0 Å². The van der Waals surface area contributed by atoms with E-state index in [2.05, 4.69) is 5.32 Å². The van der Waals surface area contributed by atoms with E-state index in [1.807, 2.05) is 5.32 Å². The number of nitrogens with zero attached hydrogens (tertiary/aromatic N) is 2. The monoisotopic (exact) mass is 312 g/mol. The van der Waals surface area contributed by atoms with Crippen LogP contribution in [0.1, 0.15) is 0 Å². The van der Waals surface area contributed by atoms with Crippen LogP contribution in [0.15, 0.2) is 11.8 Å². The molecule has 1 aliphatic heterocycles. The van der Waals surface area contributed by atoms with E-state index in [0.717, 1.165) is 22.9 Å². The first kappa shape index (κ1) is 16.5. The van der Waals surface area contributed by atoms with Crippen molar-refractivity contribution >= 4 is 34.8 Å². The van der Waals surface area contributed by atoms with Crippen molar-refractivity contribution in [2.24, 2.45) is 0 Å². The third-order valence-corrected chi connectivity index (χ3v) is 3.19. The van der Waals surface area contributed by atoms with Gasteiger partial charge in [-0.05, 0) is 0 Å². The molecule has 10 heteroatoms. The van der Waals surface area contributed by atoms with Gasteiger partial charge in [0.25, 0.3) is 11.1 Å². The molecule has 0 saturated carbocycles. The van der Waals surface area contributed by atoms with E-state index < -0.39 is 18.4 Å². The standard InChI is InChI=1S/C11H12N4O5S/c12-3-7(10(19)14-5-9(17)18)4-13-1-2-15-8(16)6-21-11(15)20/h4,13H,1-2,5-6H2,(H,14,19)(H,17,18)/b7-4-. The molecule has 0 aromatic carbocycles. The molecule has 0 aliphatic carbocycles. The lowest BCUT2D eigenvalue weighted by Crippen LogP contribution is -2.35. The Balaban J connectivity index is 2.41. The number of hydrogen-bond donors (Lipinski definition) is 3. The average molecular weight is 312 g/mol. The number of imide groups is 1. The first-order valence-electron chi connectivity index (χ1n) is 5.76. The zero-order valence-electron chi connectivity index (χ0n) is 10.8. The average Bonchev–Trinajstić information content (AvgIpc) is 2.76. The molecule has 1 aliphatic rings. The molecular weight excluding hydrogens is 300 g/mol. The fourth-order valence-electron chi connectivity index (χ4n) is 1.35. The lowest BCUT2D eigenvalue weighted by Gasteiger charge is -2.12. The number of carbonyl (C=O) groups is 4. The molecule has 3 amide bonds. The van der Waals surface area contributed by atoms with Crippen LogP contribution in [-0.2, 0) is 14.4 Å². The fourth-order valence-corrected chi connectivity index (χ4v) is 2.10. The zero-order valence-corrected chi connectivity index (χ0v) is 11.6. The number of nitrogens with one attached hydrogen (secondary N) is 2. The molecule has 1 rings (SSSR count). The van der Waals surface area contributed by atoms with Crippen molar-refractivity contribution in [2.75, 3.05) is 25.4 Å². The number of thioether (sulfide) groups is 1. The minimum atomic E-state index is -1.22. The van der Waals surface area contributed by atoms with Crippen LogP contribution in [0.5, 0.6) is 0 Å². The maximum Gasteiger partial charge on any atom is 0.322 e. The summed E-state index contributed by atoms with van der Waals surface area (Å²) in [5.74, 6) is -2.21. The molecule has 112 valence electrons. The number of aliphatic carboxylic acids is 1. The first-order valence-corrected chi connectivity index (χ1v) is 6.75.